The Bertz CT molecular complexity index is 542. The van der Waals surface area contributed by atoms with Gasteiger partial charge in [0.2, 0.25) is 5.91 Å². The van der Waals surface area contributed by atoms with Gasteiger partial charge in [-0.05, 0) is 19.1 Å². The Morgan fingerprint density at radius 3 is 2.79 bits per heavy atom. The van der Waals surface area contributed by atoms with Crippen LogP contribution in [0.3, 0.4) is 0 Å². The molecule has 0 aromatic carbocycles. The van der Waals surface area contributed by atoms with E-state index in [0.717, 1.165) is 17.0 Å². The first-order valence-corrected chi connectivity index (χ1v) is 5.61. The van der Waals surface area contributed by atoms with Gasteiger partial charge in [-0.3, -0.25) is 4.79 Å². The normalized spacial score (nSPS) is 9.58. The Balaban J connectivity index is 0.00000162. The molecule has 0 spiro atoms. The molecule has 1 amide bonds. The zero-order valence-corrected chi connectivity index (χ0v) is 12.3. The average Bonchev–Trinajstić information content (AvgIpc) is 2.71. The van der Waals surface area contributed by atoms with Crippen molar-refractivity contribution in [2.24, 2.45) is 5.73 Å². The van der Waals surface area contributed by atoms with Crippen LogP contribution in [0.1, 0.15) is 17.8 Å². The van der Waals surface area contributed by atoms with E-state index >= 15 is 0 Å². The quantitative estimate of drug-likeness (QED) is 0.898. The van der Waals surface area contributed by atoms with Gasteiger partial charge in [-0.25, -0.2) is 4.98 Å². The van der Waals surface area contributed by atoms with Crippen molar-refractivity contribution >= 4 is 36.4 Å². The molecule has 0 aliphatic heterocycles. The van der Waals surface area contributed by atoms with E-state index in [0.29, 0.717) is 19.5 Å². The summed E-state index contributed by atoms with van der Waals surface area (Å²) in [5, 5.41) is 2.79. The number of rotatable bonds is 4. The zero-order chi connectivity index (χ0) is 12.3. The van der Waals surface area contributed by atoms with Crippen molar-refractivity contribution in [1.82, 2.24) is 14.7 Å². The molecule has 3 N–H and O–H groups in total. The molecule has 2 heterocycles. The highest BCUT2D eigenvalue weighted by molar-refractivity contribution is 5.85. The van der Waals surface area contributed by atoms with E-state index < -0.39 is 0 Å². The van der Waals surface area contributed by atoms with Gasteiger partial charge in [-0.15, -0.1) is 24.8 Å². The van der Waals surface area contributed by atoms with Gasteiger partial charge in [0.15, 0.2) is 0 Å². The van der Waals surface area contributed by atoms with E-state index in [1.807, 2.05) is 35.7 Å². The maximum atomic E-state index is 11.3. The molecule has 0 bridgehead atoms. The lowest BCUT2D eigenvalue weighted by molar-refractivity contribution is -0.121. The first-order chi connectivity index (χ1) is 8.20. The Morgan fingerprint density at radius 2 is 2.16 bits per heavy atom. The molecule has 0 saturated heterocycles. The SMILES string of the molecule is Cc1cccc2nc(CNC(=O)CCN)cn12.Cl.Cl. The minimum absolute atomic E-state index is 0. The number of imidazole rings is 1. The van der Waals surface area contributed by atoms with Crippen LogP contribution in [0.2, 0.25) is 0 Å². The topological polar surface area (TPSA) is 72.4 Å². The van der Waals surface area contributed by atoms with Crippen molar-refractivity contribution in [3.63, 3.8) is 0 Å². The smallest absolute Gasteiger partial charge is 0.221 e. The van der Waals surface area contributed by atoms with Crippen LogP contribution in [0.5, 0.6) is 0 Å². The number of hydrogen-bond acceptors (Lipinski definition) is 3. The highest BCUT2D eigenvalue weighted by Crippen LogP contribution is 2.08. The number of nitrogens with two attached hydrogens (primary N) is 1. The number of amides is 1. The van der Waals surface area contributed by atoms with Crippen LogP contribution in [-0.4, -0.2) is 21.8 Å². The summed E-state index contributed by atoms with van der Waals surface area (Å²) in [4.78, 5) is 15.7. The number of aryl methyl sites for hydroxylation is 1. The molecule has 7 heteroatoms. The van der Waals surface area contributed by atoms with E-state index in [-0.39, 0.29) is 30.7 Å². The van der Waals surface area contributed by atoms with Crippen molar-refractivity contribution in [3.05, 3.63) is 35.8 Å². The van der Waals surface area contributed by atoms with Gasteiger partial charge in [0.25, 0.3) is 0 Å². The number of carbonyl (C=O) groups is 1. The molecule has 5 nitrogen and oxygen atoms in total. The Labute approximate surface area is 124 Å². The van der Waals surface area contributed by atoms with Gasteiger partial charge in [0.05, 0.1) is 12.2 Å². The number of pyridine rings is 1. The summed E-state index contributed by atoms with van der Waals surface area (Å²) in [6.07, 6.45) is 2.29. The van der Waals surface area contributed by atoms with E-state index in [9.17, 15) is 4.79 Å². The first-order valence-electron chi connectivity index (χ1n) is 5.61. The van der Waals surface area contributed by atoms with Crippen molar-refractivity contribution in [1.29, 1.82) is 0 Å². The van der Waals surface area contributed by atoms with E-state index in [1.54, 1.807) is 0 Å². The summed E-state index contributed by atoms with van der Waals surface area (Å²) in [5.74, 6) is -0.0405. The molecule has 2 aromatic heterocycles. The van der Waals surface area contributed by atoms with Crippen molar-refractivity contribution in [2.45, 2.75) is 19.9 Å². The molecule has 106 valence electrons. The van der Waals surface area contributed by atoms with E-state index in [2.05, 4.69) is 10.3 Å². The summed E-state index contributed by atoms with van der Waals surface area (Å²) < 4.78 is 2.00. The molecule has 0 atom stereocenters. The maximum Gasteiger partial charge on any atom is 0.221 e. The molecule has 19 heavy (non-hydrogen) atoms. The number of halogens is 2. The van der Waals surface area contributed by atoms with Crippen molar-refractivity contribution < 1.29 is 4.79 Å². The van der Waals surface area contributed by atoms with Gasteiger partial charge >= 0.3 is 0 Å². The molecule has 0 unspecified atom stereocenters. The molecule has 2 aromatic rings. The second-order valence-corrected chi connectivity index (χ2v) is 3.94. The number of carbonyl (C=O) groups excluding carboxylic acids is 1. The summed E-state index contributed by atoms with van der Waals surface area (Å²) in [6.45, 7) is 2.83. The molecular weight excluding hydrogens is 287 g/mol. The third-order valence-corrected chi connectivity index (χ3v) is 2.58. The minimum atomic E-state index is -0.0405. The molecule has 0 aliphatic rings. The maximum absolute atomic E-state index is 11.3. The predicted molar refractivity (Wildman–Crippen MR) is 79.9 cm³/mol. The minimum Gasteiger partial charge on any atom is -0.350 e. The summed E-state index contributed by atoms with van der Waals surface area (Å²) in [5.41, 5.74) is 8.17. The number of nitrogens with zero attached hydrogens (tertiary/aromatic N) is 2. The van der Waals surface area contributed by atoms with Crippen LogP contribution in [0.25, 0.3) is 5.65 Å². The van der Waals surface area contributed by atoms with Crippen molar-refractivity contribution in [2.75, 3.05) is 6.54 Å². The number of nitrogens with one attached hydrogen (secondary N) is 1. The molecule has 0 fully saturated rings. The van der Waals surface area contributed by atoms with Gasteiger partial charge in [0, 0.05) is 24.9 Å². The van der Waals surface area contributed by atoms with Gasteiger partial charge in [-0.2, -0.15) is 0 Å². The van der Waals surface area contributed by atoms with Crippen molar-refractivity contribution in [3.8, 4) is 0 Å². The fourth-order valence-electron chi connectivity index (χ4n) is 1.69. The lowest BCUT2D eigenvalue weighted by Crippen LogP contribution is -2.25. The fourth-order valence-corrected chi connectivity index (χ4v) is 1.69. The Hall–Kier alpha value is -1.30. The Kier molecular flexibility index (Phi) is 7.44. The standard InChI is InChI=1S/C12H16N4O.2ClH/c1-9-3-2-4-11-15-10(8-16(9)11)7-14-12(17)5-6-13;;/h2-4,8H,5-7,13H2,1H3,(H,14,17);2*1H. The monoisotopic (exact) mass is 304 g/mol. The van der Waals surface area contributed by atoms with Crippen LogP contribution < -0.4 is 11.1 Å². The van der Waals surface area contributed by atoms with Gasteiger partial charge < -0.3 is 15.5 Å². The Morgan fingerprint density at radius 1 is 1.42 bits per heavy atom. The summed E-state index contributed by atoms with van der Waals surface area (Å²) >= 11 is 0. The van der Waals surface area contributed by atoms with Crippen LogP contribution in [-0.2, 0) is 11.3 Å². The predicted octanol–water partition coefficient (Wildman–Crippen LogP) is 1.45. The lowest BCUT2D eigenvalue weighted by Gasteiger charge is -2.00. The second kappa shape index (κ2) is 7.99. The number of hydrogen-bond donors (Lipinski definition) is 2. The van der Waals surface area contributed by atoms with E-state index in [4.69, 9.17) is 5.73 Å². The first kappa shape index (κ1) is 17.7. The summed E-state index contributed by atoms with van der Waals surface area (Å²) in [7, 11) is 0. The third-order valence-electron chi connectivity index (χ3n) is 2.58. The fraction of sp³-hybridized carbons (Fsp3) is 0.333. The summed E-state index contributed by atoms with van der Waals surface area (Å²) in [6, 6.07) is 5.93. The molecule has 0 radical (unpaired) electrons. The third kappa shape index (κ3) is 4.38. The molecule has 0 saturated carbocycles. The van der Waals surface area contributed by atoms with Crippen LogP contribution in [0, 0.1) is 6.92 Å². The molecule has 2 rings (SSSR count). The molecular formula is C12H18Cl2N4O. The largest absolute Gasteiger partial charge is 0.350 e. The molecule has 0 aliphatic carbocycles. The zero-order valence-electron chi connectivity index (χ0n) is 10.6. The number of fused-ring (bicyclic) bond motifs is 1. The highest BCUT2D eigenvalue weighted by atomic mass is 35.5. The lowest BCUT2D eigenvalue weighted by atomic mass is 10.4. The van der Waals surface area contributed by atoms with Crippen LogP contribution in [0.4, 0.5) is 0 Å². The van der Waals surface area contributed by atoms with Crippen LogP contribution in [0.15, 0.2) is 24.4 Å². The second-order valence-electron chi connectivity index (χ2n) is 3.94. The number of aromatic nitrogens is 2. The van der Waals surface area contributed by atoms with Crippen LogP contribution >= 0.6 is 24.8 Å². The highest BCUT2D eigenvalue weighted by Gasteiger charge is 2.04. The van der Waals surface area contributed by atoms with Gasteiger partial charge in [0.1, 0.15) is 5.65 Å². The average molecular weight is 305 g/mol. The van der Waals surface area contributed by atoms with E-state index in [1.165, 1.54) is 0 Å². The van der Waals surface area contributed by atoms with Gasteiger partial charge in [-0.1, -0.05) is 6.07 Å².